The molecule has 1 fully saturated rings. The second-order valence-corrected chi connectivity index (χ2v) is 7.21. The van der Waals surface area contributed by atoms with Gasteiger partial charge in [0.1, 0.15) is 5.75 Å². The van der Waals surface area contributed by atoms with Gasteiger partial charge in [0.2, 0.25) is 5.91 Å². The van der Waals surface area contributed by atoms with E-state index in [1.165, 1.54) is 0 Å². The highest BCUT2D eigenvalue weighted by Crippen LogP contribution is 2.28. The zero-order chi connectivity index (χ0) is 14.0. The Labute approximate surface area is 113 Å². The van der Waals surface area contributed by atoms with Gasteiger partial charge >= 0.3 is 0 Å². The van der Waals surface area contributed by atoms with Gasteiger partial charge in [0.05, 0.1) is 0 Å². The van der Waals surface area contributed by atoms with E-state index < -0.39 is 15.6 Å². The van der Waals surface area contributed by atoms with Crippen LogP contribution in [0.15, 0.2) is 24.3 Å². The summed E-state index contributed by atoms with van der Waals surface area (Å²) in [7, 11) is -3.29. The standard InChI is InChI=1S/C13H18N2O3S/c1-19(17,18)9-13(16)15(12-5-6-12)8-10-3-2-4-11(14)7-10/h2-4,7,12H,5-6,8-9,14H2,1H3. The van der Waals surface area contributed by atoms with E-state index in [1.54, 1.807) is 11.0 Å². The molecule has 0 aromatic heterocycles. The molecule has 5 nitrogen and oxygen atoms in total. The molecule has 0 bridgehead atoms. The zero-order valence-electron chi connectivity index (χ0n) is 10.9. The van der Waals surface area contributed by atoms with Crippen LogP contribution in [0.3, 0.4) is 0 Å². The number of carbonyl (C=O) groups excluding carboxylic acids is 1. The monoisotopic (exact) mass is 282 g/mol. The predicted molar refractivity (Wildman–Crippen MR) is 74.1 cm³/mol. The van der Waals surface area contributed by atoms with Crippen LogP contribution in [0.5, 0.6) is 0 Å². The van der Waals surface area contributed by atoms with Crippen molar-refractivity contribution in [2.75, 3.05) is 17.7 Å². The number of nitrogen functional groups attached to an aromatic ring is 1. The van der Waals surface area contributed by atoms with Crippen molar-refractivity contribution in [2.45, 2.75) is 25.4 Å². The minimum absolute atomic E-state index is 0.177. The first-order valence-electron chi connectivity index (χ1n) is 6.17. The molecule has 0 heterocycles. The molecule has 1 aliphatic carbocycles. The average Bonchev–Trinajstić information content (AvgIpc) is 3.07. The number of hydrogen-bond acceptors (Lipinski definition) is 4. The number of carbonyl (C=O) groups is 1. The van der Waals surface area contributed by atoms with Crippen molar-refractivity contribution < 1.29 is 13.2 Å². The predicted octanol–water partition coefficient (Wildman–Crippen LogP) is 0.804. The van der Waals surface area contributed by atoms with E-state index >= 15 is 0 Å². The fraction of sp³-hybridized carbons (Fsp3) is 0.462. The van der Waals surface area contributed by atoms with Gasteiger partial charge in [-0.1, -0.05) is 12.1 Å². The average molecular weight is 282 g/mol. The lowest BCUT2D eigenvalue weighted by atomic mass is 10.2. The van der Waals surface area contributed by atoms with Crippen molar-refractivity contribution in [1.29, 1.82) is 0 Å². The van der Waals surface area contributed by atoms with E-state index in [9.17, 15) is 13.2 Å². The Kier molecular flexibility index (Phi) is 3.80. The number of rotatable bonds is 5. The number of sulfone groups is 1. The summed E-state index contributed by atoms with van der Waals surface area (Å²) >= 11 is 0. The highest BCUT2D eigenvalue weighted by Gasteiger charge is 2.33. The van der Waals surface area contributed by atoms with Crippen LogP contribution in [0.1, 0.15) is 18.4 Å². The highest BCUT2D eigenvalue weighted by molar-refractivity contribution is 7.91. The molecule has 0 radical (unpaired) electrons. The minimum Gasteiger partial charge on any atom is -0.399 e. The number of anilines is 1. The molecule has 1 saturated carbocycles. The van der Waals surface area contributed by atoms with E-state index in [0.29, 0.717) is 12.2 Å². The van der Waals surface area contributed by atoms with Crippen molar-refractivity contribution in [2.24, 2.45) is 0 Å². The second-order valence-electron chi connectivity index (χ2n) is 5.07. The summed E-state index contributed by atoms with van der Waals surface area (Å²) in [5.41, 5.74) is 7.27. The summed E-state index contributed by atoms with van der Waals surface area (Å²) < 4.78 is 22.5. The number of hydrogen-bond donors (Lipinski definition) is 1. The fourth-order valence-electron chi connectivity index (χ4n) is 2.00. The van der Waals surface area contributed by atoms with E-state index in [2.05, 4.69) is 0 Å². The van der Waals surface area contributed by atoms with Crippen LogP contribution in [-0.2, 0) is 21.2 Å². The summed E-state index contributed by atoms with van der Waals surface area (Å²) in [5, 5.41) is 0. The molecule has 0 saturated heterocycles. The van der Waals surface area contributed by atoms with E-state index in [4.69, 9.17) is 5.73 Å². The first-order valence-corrected chi connectivity index (χ1v) is 8.23. The van der Waals surface area contributed by atoms with Crippen LogP contribution in [0.4, 0.5) is 5.69 Å². The van der Waals surface area contributed by atoms with Gasteiger partial charge in [-0.3, -0.25) is 4.79 Å². The van der Waals surface area contributed by atoms with Gasteiger partial charge < -0.3 is 10.6 Å². The largest absolute Gasteiger partial charge is 0.399 e. The van der Waals surface area contributed by atoms with Gasteiger partial charge in [0.15, 0.2) is 9.84 Å². The van der Waals surface area contributed by atoms with E-state index in [0.717, 1.165) is 24.7 Å². The Hall–Kier alpha value is -1.56. The number of nitrogens with two attached hydrogens (primary N) is 1. The van der Waals surface area contributed by atoms with Crippen LogP contribution in [0, 0.1) is 0 Å². The van der Waals surface area contributed by atoms with Gasteiger partial charge in [-0.25, -0.2) is 8.42 Å². The minimum atomic E-state index is -3.29. The maximum Gasteiger partial charge on any atom is 0.238 e. The Balaban J connectivity index is 2.10. The third-order valence-corrected chi connectivity index (χ3v) is 3.77. The zero-order valence-corrected chi connectivity index (χ0v) is 11.7. The molecule has 104 valence electrons. The maximum atomic E-state index is 12.0. The van der Waals surface area contributed by atoms with Gasteiger partial charge in [-0.2, -0.15) is 0 Å². The molecule has 0 unspecified atom stereocenters. The van der Waals surface area contributed by atoms with E-state index in [-0.39, 0.29) is 11.9 Å². The van der Waals surface area contributed by atoms with Gasteiger partial charge in [-0.15, -0.1) is 0 Å². The number of amides is 1. The highest BCUT2D eigenvalue weighted by atomic mass is 32.2. The molecule has 0 aliphatic heterocycles. The van der Waals surface area contributed by atoms with Crippen molar-refractivity contribution >= 4 is 21.4 Å². The lowest BCUT2D eigenvalue weighted by Crippen LogP contribution is -2.36. The van der Waals surface area contributed by atoms with Crippen LogP contribution in [0.2, 0.25) is 0 Å². The summed E-state index contributed by atoms with van der Waals surface area (Å²) in [4.78, 5) is 13.7. The van der Waals surface area contributed by atoms with Crippen molar-refractivity contribution in [3.63, 3.8) is 0 Å². The fourth-order valence-corrected chi connectivity index (χ4v) is 2.62. The molecule has 1 aliphatic rings. The molecule has 1 amide bonds. The summed E-state index contributed by atoms with van der Waals surface area (Å²) in [6, 6.07) is 7.48. The summed E-state index contributed by atoms with van der Waals surface area (Å²) in [6.45, 7) is 0.421. The molecule has 1 aromatic carbocycles. The molecule has 0 spiro atoms. The molecule has 0 atom stereocenters. The second kappa shape index (κ2) is 5.21. The third-order valence-electron chi connectivity index (χ3n) is 3.00. The quantitative estimate of drug-likeness (QED) is 0.810. The van der Waals surface area contributed by atoms with Gasteiger partial charge in [0, 0.05) is 24.5 Å². The first kappa shape index (κ1) is 13.9. The van der Waals surface area contributed by atoms with Crippen LogP contribution in [0.25, 0.3) is 0 Å². The summed E-state index contributed by atoms with van der Waals surface area (Å²) in [5.74, 6) is -0.751. The Bertz CT molecular complexity index is 579. The Morgan fingerprint density at radius 1 is 1.42 bits per heavy atom. The SMILES string of the molecule is CS(=O)(=O)CC(=O)N(Cc1cccc(N)c1)C1CC1. The van der Waals surface area contributed by atoms with Crippen molar-refractivity contribution in [3.05, 3.63) is 29.8 Å². The van der Waals surface area contributed by atoms with Crippen LogP contribution < -0.4 is 5.73 Å². The number of nitrogens with zero attached hydrogens (tertiary/aromatic N) is 1. The van der Waals surface area contributed by atoms with Crippen LogP contribution >= 0.6 is 0 Å². The molecule has 19 heavy (non-hydrogen) atoms. The Morgan fingerprint density at radius 3 is 2.63 bits per heavy atom. The smallest absolute Gasteiger partial charge is 0.238 e. The Morgan fingerprint density at radius 2 is 2.11 bits per heavy atom. The lowest BCUT2D eigenvalue weighted by molar-refractivity contribution is -0.129. The van der Waals surface area contributed by atoms with Crippen molar-refractivity contribution in [1.82, 2.24) is 4.90 Å². The molecule has 2 N–H and O–H groups in total. The molecule has 1 aromatic rings. The third kappa shape index (κ3) is 4.24. The molecule has 6 heteroatoms. The van der Waals surface area contributed by atoms with Crippen LogP contribution in [-0.4, -0.2) is 37.3 Å². The molecular formula is C13H18N2O3S. The normalized spacial score (nSPS) is 15.2. The van der Waals surface area contributed by atoms with Gasteiger partial charge in [-0.05, 0) is 30.5 Å². The summed E-state index contributed by atoms with van der Waals surface area (Å²) in [6.07, 6.45) is 2.96. The topological polar surface area (TPSA) is 80.5 Å². The molecular weight excluding hydrogens is 264 g/mol. The van der Waals surface area contributed by atoms with Gasteiger partial charge in [0.25, 0.3) is 0 Å². The van der Waals surface area contributed by atoms with E-state index in [1.807, 2.05) is 18.2 Å². The maximum absolute atomic E-state index is 12.0. The lowest BCUT2D eigenvalue weighted by Gasteiger charge is -2.22. The first-order chi connectivity index (χ1) is 8.85. The number of benzene rings is 1. The molecule has 2 rings (SSSR count). The van der Waals surface area contributed by atoms with Crippen molar-refractivity contribution in [3.8, 4) is 0 Å².